The van der Waals surface area contributed by atoms with Crippen LogP contribution in [0.2, 0.25) is 12.6 Å². The predicted molar refractivity (Wildman–Crippen MR) is 75.3 cm³/mol. The number of hydrogen-bond acceptors (Lipinski definition) is 0. The van der Waals surface area contributed by atoms with Crippen LogP contribution in [0.4, 0.5) is 0 Å². The summed E-state index contributed by atoms with van der Waals surface area (Å²) in [5, 5.41) is 0. The number of fused-ring (bicyclic) bond motifs is 1. The van der Waals surface area contributed by atoms with Crippen LogP contribution in [0.25, 0.3) is 0 Å². The summed E-state index contributed by atoms with van der Waals surface area (Å²) < 4.78 is 0. The normalized spacial score (nSPS) is 13.8. The average molecular weight is 220 g/mol. The first-order valence-electron chi connectivity index (χ1n) is 6.55. The van der Waals surface area contributed by atoms with E-state index in [1.54, 1.807) is 11.0 Å². The van der Waals surface area contributed by atoms with E-state index in [-0.39, 0.29) is 0 Å². The molecule has 0 atom stereocenters. The average Bonchev–Trinajstić information content (AvgIpc) is 2.81. The van der Waals surface area contributed by atoms with Gasteiger partial charge in [0.1, 0.15) is 0 Å². The van der Waals surface area contributed by atoms with Crippen LogP contribution in [0.15, 0.2) is 54.6 Å². The monoisotopic (exact) mass is 220 g/mol. The Labute approximate surface area is 104 Å². The maximum Gasteiger partial charge on any atom is 0.176 e. The van der Waals surface area contributed by atoms with Gasteiger partial charge in [0.25, 0.3) is 0 Å². The molecule has 1 heteroatoms. The van der Waals surface area contributed by atoms with E-state index in [9.17, 15) is 0 Å². The van der Waals surface area contributed by atoms with Crippen molar-refractivity contribution >= 4 is 12.2 Å². The van der Waals surface area contributed by atoms with Gasteiger partial charge in [0.15, 0.2) is 6.71 Å². The lowest BCUT2D eigenvalue weighted by Crippen LogP contribution is -2.26. The fourth-order valence-electron chi connectivity index (χ4n) is 2.93. The lowest BCUT2D eigenvalue weighted by Gasteiger charge is -2.07. The number of benzene rings is 2. The first-order valence-corrected chi connectivity index (χ1v) is 6.55. The van der Waals surface area contributed by atoms with Gasteiger partial charge >= 0.3 is 0 Å². The minimum atomic E-state index is 0.784. The molecule has 0 fully saturated rings. The lowest BCUT2D eigenvalue weighted by molar-refractivity contribution is 1.09. The molecule has 0 amide bonds. The highest BCUT2D eigenvalue weighted by molar-refractivity contribution is 6.74. The molecule has 0 unspecified atom stereocenters. The van der Waals surface area contributed by atoms with Gasteiger partial charge in [-0.25, -0.2) is 0 Å². The van der Waals surface area contributed by atoms with Crippen LogP contribution in [-0.2, 0) is 12.8 Å². The van der Waals surface area contributed by atoms with Crippen molar-refractivity contribution in [2.75, 3.05) is 0 Å². The van der Waals surface area contributed by atoms with Gasteiger partial charge in [-0.1, -0.05) is 78.3 Å². The summed E-state index contributed by atoms with van der Waals surface area (Å²) in [5.74, 6) is 0. The fourth-order valence-corrected chi connectivity index (χ4v) is 2.93. The summed E-state index contributed by atoms with van der Waals surface area (Å²) in [5.41, 5.74) is 4.64. The Bertz CT molecular complexity index is 490. The van der Waals surface area contributed by atoms with Crippen LogP contribution < -0.4 is 5.46 Å². The van der Waals surface area contributed by atoms with Crippen molar-refractivity contribution in [3.63, 3.8) is 0 Å². The fraction of sp³-hybridized carbons (Fsp3) is 0.250. The van der Waals surface area contributed by atoms with Gasteiger partial charge in [-0.3, -0.25) is 0 Å². The van der Waals surface area contributed by atoms with E-state index in [0.29, 0.717) is 0 Å². The Morgan fingerprint density at radius 3 is 2.53 bits per heavy atom. The summed E-state index contributed by atoms with van der Waals surface area (Å²) >= 11 is 0. The Kier molecular flexibility index (Phi) is 3.00. The highest BCUT2D eigenvalue weighted by Gasteiger charge is 2.24. The quantitative estimate of drug-likeness (QED) is 0.697. The number of aryl methyl sites for hydroxylation is 2. The molecule has 2 aromatic rings. The minimum absolute atomic E-state index is 0.784. The van der Waals surface area contributed by atoms with Crippen LogP contribution in [0.1, 0.15) is 11.1 Å². The molecule has 0 N–H and O–H groups in total. The molecule has 0 bridgehead atoms. The molecule has 84 valence electrons. The molecule has 3 rings (SSSR count). The summed E-state index contributed by atoms with van der Waals surface area (Å²) in [6.45, 7) is 0.784. The van der Waals surface area contributed by atoms with Crippen molar-refractivity contribution in [3.05, 3.63) is 65.7 Å². The van der Waals surface area contributed by atoms with Crippen molar-refractivity contribution < 1.29 is 0 Å². The van der Waals surface area contributed by atoms with Crippen LogP contribution in [0, 0.1) is 0 Å². The third-order valence-electron chi connectivity index (χ3n) is 3.88. The molecule has 1 aliphatic rings. The summed E-state index contributed by atoms with van der Waals surface area (Å²) in [7, 11) is 0. The molecule has 1 aliphatic heterocycles. The van der Waals surface area contributed by atoms with Gasteiger partial charge in [-0.05, 0) is 18.4 Å². The third kappa shape index (κ3) is 2.29. The first-order chi connectivity index (χ1) is 8.43. The zero-order chi connectivity index (χ0) is 11.5. The van der Waals surface area contributed by atoms with Crippen LogP contribution >= 0.6 is 0 Å². The predicted octanol–water partition coefficient (Wildman–Crippen LogP) is 3.19. The van der Waals surface area contributed by atoms with E-state index in [4.69, 9.17) is 0 Å². The van der Waals surface area contributed by atoms with Gasteiger partial charge in [0, 0.05) is 0 Å². The van der Waals surface area contributed by atoms with E-state index in [2.05, 4.69) is 54.6 Å². The van der Waals surface area contributed by atoms with Crippen LogP contribution in [0.5, 0.6) is 0 Å². The summed E-state index contributed by atoms with van der Waals surface area (Å²) in [6, 6.07) is 19.8. The van der Waals surface area contributed by atoms with E-state index in [1.165, 1.54) is 31.0 Å². The van der Waals surface area contributed by atoms with Crippen LogP contribution in [0.3, 0.4) is 0 Å². The van der Waals surface area contributed by atoms with E-state index in [1.807, 2.05) is 0 Å². The Hall–Kier alpha value is -1.50. The maximum atomic E-state index is 2.32. The van der Waals surface area contributed by atoms with Crippen LogP contribution in [-0.4, -0.2) is 6.71 Å². The molecule has 0 saturated heterocycles. The lowest BCUT2D eigenvalue weighted by atomic mass is 9.43. The Morgan fingerprint density at radius 1 is 0.882 bits per heavy atom. The molecule has 0 nitrogen and oxygen atoms in total. The van der Waals surface area contributed by atoms with Gasteiger partial charge in [-0.15, -0.1) is 0 Å². The SMILES string of the molecule is c1ccc(CCB2CCc3ccccc32)cc1. The summed E-state index contributed by atoms with van der Waals surface area (Å²) in [6.07, 6.45) is 5.11. The maximum absolute atomic E-state index is 2.32. The second-order valence-corrected chi connectivity index (χ2v) is 4.96. The van der Waals surface area contributed by atoms with Crippen molar-refractivity contribution in [2.45, 2.75) is 25.5 Å². The van der Waals surface area contributed by atoms with E-state index < -0.39 is 0 Å². The third-order valence-corrected chi connectivity index (χ3v) is 3.88. The molecule has 0 saturated carbocycles. The van der Waals surface area contributed by atoms with Gasteiger partial charge < -0.3 is 0 Å². The van der Waals surface area contributed by atoms with E-state index >= 15 is 0 Å². The number of hydrogen-bond donors (Lipinski definition) is 0. The summed E-state index contributed by atoms with van der Waals surface area (Å²) in [4.78, 5) is 0. The topological polar surface area (TPSA) is 0 Å². The molecule has 0 aliphatic carbocycles. The van der Waals surface area contributed by atoms with Crippen molar-refractivity contribution in [2.24, 2.45) is 0 Å². The Balaban J connectivity index is 1.68. The smallest absolute Gasteiger partial charge is 0.0769 e. The van der Waals surface area contributed by atoms with Gasteiger partial charge in [0.05, 0.1) is 0 Å². The van der Waals surface area contributed by atoms with Gasteiger partial charge in [-0.2, -0.15) is 0 Å². The second-order valence-electron chi connectivity index (χ2n) is 4.96. The molecular weight excluding hydrogens is 203 g/mol. The highest BCUT2D eigenvalue weighted by Crippen LogP contribution is 2.18. The molecule has 2 aromatic carbocycles. The second kappa shape index (κ2) is 4.79. The van der Waals surface area contributed by atoms with Crippen molar-refractivity contribution in [1.29, 1.82) is 0 Å². The largest absolute Gasteiger partial charge is 0.176 e. The Morgan fingerprint density at radius 2 is 1.65 bits per heavy atom. The van der Waals surface area contributed by atoms with Crippen molar-refractivity contribution in [3.8, 4) is 0 Å². The molecule has 0 spiro atoms. The molecular formula is C16H17B. The van der Waals surface area contributed by atoms with Gasteiger partial charge in [0.2, 0.25) is 0 Å². The molecule has 1 heterocycles. The molecule has 0 radical (unpaired) electrons. The van der Waals surface area contributed by atoms with Crippen molar-refractivity contribution in [1.82, 2.24) is 0 Å². The zero-order valence-corrected chi connectivity index (χ0v) is 10.1. The molecule has 17 heavy (non-hydrogen) atoms. The standard InChI is InChI=1S/C16H17B/c1-2-6-14(7-3-1)10-12-17-13-11-15-8-4-5-9-16(15)17/h1-9H,10-13H2. The minimum Gasteiger partial charge on any atom is -0.0769 e. The zero-order valence-electron chi connectivity index (χ0n) is 10.1. The first kappa shape index (κ1) is 10.6. The molecule has 0 aromatic heterocycles. The van der Waals surface area contributed by atoms with E-state index in [0.717, 1.165) is 6.71 Å². The highest BCUT2D eigenvalue weighted by atomic mass is 14.1. The number of rotatable bonds is 3.